The molecule has 0 bridgehead atoms. The maximum atomic E-state index is 4.95. The molecule has 2 N–H and O–H groups in total. The summed E-state index contributed by atoms with van der Waals surface area (Å²) in [5.41, 5.74) is 0. The van der Waals surface area contributed by atoms with E-state index in [2.05, 4.69) is 165 Å². The molecule has 0 amide bonds. The molecule has 0 saturated heterocycles. The molecular formula is C48H128N4O4P4+8. The summed E-state index contributed by atoms with van der Waals surface area (Å²) in [5.74, 6) is 0. The van der Waals surface area contributed by atoms with Crippen LogP contribution in [0.15, 0.2) is 0 Å². The maximum absolute atomic E-state index is 4.95. The second-order valence-electron chi connectivity index (χ2n) is 20.3. The Bertz CT molecular complexity index is 673. The van der Waals surface area contributed by atoms with Crippen LogP contribution in [0.3, 0.4) is 0 Å². The van der Waals surface area contributed by atoms with Crippen molar-refractivity contribution < 1.29 is 37.7 Å². The van der Waals surface area contributed by atoms with Crippen LogP contribution in [0.2, 0.25) is 0 Å². The van der Waals surface area contributed by atoms with E-state index in [1.165, 1.54) is 93.7 Å². The molecule has 0 rings (SSSR count). The number of methoxy groups -OCH3 is 4. The van der Waals surface area contributed by atoms with Gasteiger partial charge in [-0.3, -0.25) is 0 Å². The SMILES string of the molecule is CCC[N+](C)(C)C.CCC[NH+](C)CC.CCC[P+](C)(C)C.CCC[PH+](C)CC.CC[NH+](C)CCOC.CC[PH+](C)CCOC.COCC[N+](C)(C)C.COCC[P+](C)(C)C. The molecule has 12 heteroatoms. The first kappa shape index (κ1) is 78.6. The topological polar surface area (TPSA) is 45.8 Å². The highest BCUT2D eigenvalue weighted by atomic mass is 31.2. The normalized spacial score (nSPS) is 13.0. The van der Waals surface area contributed by atoms with Crippen LogP contribution in [0.4, 0.5) is 0 Å². The van der Waals surface area contributed by atoms with E-state index < -0.39 is 14.5 Å². The Kier molecular flexibility index (Phi) is 74.0. The molecule has 0 saturated carbocycles. The lowest BCUT2D eigenvalue weighted by Gasteiger charge is -2.22. The number of rotatable bonds is 24. The summed E-state index contributed by atoms with van der Waals surface area (Å²) >= 11 is 0. The van der Waals surface area contributed by atoms with Crippen LogP contribution in [0.25, 0.3) is 0 Å². The molecule has 0 aliphatic heterocycles. The van der Waals surface area contributed by atoms with Gasteiger partial charge in [0.25, 0.3) is 0 Å². The third-order valence-electron chi connectivity index (χ3n) is 8.96. The second-order valence-corrected chi connectivity index (χ2v) is 36.6. The van der Waals surface area contributed by atoms with Gasteiger partial charge < -0.3 is 37.7 Å². The molecule has 0 aromatic rings. The van der Waals surface area contributed by atoms with Gasteiger partial charge in [-0.2, -0.15) is 0 Å². The van der Waals surface area contributed by atoms with Gasteiger partial charge in [0.1, 0.15) is 13.1 Å². The number of ether oxygens (including phenoxy) is 4. The van der Waals surface area contributed by atoms with E-state index in [9.17, 15) is 0 Å². The van der Waals surface area contributed by atoms with Crippen LogP contribution in [0, 0.1) is 0 Å². The number of likely N-dealkylation sites (N-methyl/N-ethyl adjacent to an activating group) is 2. The van der Waals surface area contributed by atoms with Crippen LogP contribution in [-0.4, -0.2) is 250 Å². The van der Waals surface area contributed by atoms with Gasteiger partial charge in [0.15, 0.2) is 0 Å². The molecule has 4 atom stereocenters. The number of quaternary nitrogens is 4. The molecule has 0 aliphatic carbocycles. The van der Waals surface area contributed by atoms with Crippen molar-refractivity contribution in [3.8, 4) is 0 Å². The van der Waals surface area contributed by atoms with E-state index in [1.54, 1.807) is 33.3 Å². The third-order valence-corrected chi connectivity index (χ3v) is 17.1. The fourth-order valence-corrected chi connectivity index (χ4v) is 8.37. The molecule has 0 radical (unpaired) electrons. The number of hydrogen-bond acceptors (Lipinski definition) is 4. The first-order chi connectivity index (χ1) is 27.5. The van der Waals surface area contributed by atoms with Crippen molar-refractivity contribution in [2.75, 3.05) is 241 Å². The summed E-state index contributed by atoms with van der Waals surface area (Å²) in [6, 6.07) is 0. The Hall–Kier alpha value is 1.40. The molecule has 0 spiro atoms. The van der Waals surface area contributed by atoms with Crippen LogP contribution in [0.1, 0.15) is 81.1 Å². The standard InChI is InChI=1S/C6H16NO.C6H15NO.C6H16N.C6H15N.C6H16OP.C6H15OP.C6H16P.C6H15P/c1-7(2,3)5-6-8-4;1-4-7(2)5-6-8-3;1-5-6-7(2,3)4;1-4-6-7(3)5-2;1-7-5-6-8(2,3)4;1-4-8(3)6-5-7-2;1-5-6-7(2,3)4;1-4-6-7(3)5-2/h5-6H2,1-4H3;4-6H2,1-3H3;5-6H2,1-4H3;4-6H2,1-3H3;5-6H2,1-4H3;4-6H2,1-3H3;5-6H2,1-4H3;4-6H2,1-3H3/q+1;;+1;;+1;;+1;/p+4. The molecule has 0 aromatic heterocycles. The van der Waals surface area contributed by atoms with Gasteiger partial charge in [-0.05, 0) is 69.2 Å². The molecule has 0 heterocycles. The van der Waals surface area contributed by atoms with E-state index in [0.717, 1.165) is 48.5 Å². The highest BCUT2D eigenvalue weighted by Gasteiger charge is 2.15. The highest BCUT2D eigenvalue weighted by Crippen LogP contribution is 2.46. The van der Waals surface area contributed by atoms with Gasteiger partial charge in [0.05, 0.1) is 146 Å². The molecule has 60 heavy (non-hydrogen) atoms. The van der Waals surface area contributed by atoms with E-state index in [4.69, 9.17) is 18.9 Å². The summed E-state index contributed by atoms with van der Waals surface area (Å²) in [7, 11) is 23.6. The molecule has 0 aliphatic rings. The molecule has 4 unspecified atom stereocenters. The lowest BCUT2D eigenvalue weighted by molar-refractivity contribution is -0.878. The smallest absolute Gasteiger partial charge is 0.102 e. The summed E-state index contributed by atoms with van der Waals surface area (Å²) in [6.07, 6.45) is 13.7. The van der Waals surface area contributed by atoms with Crippen molar-refractivity contribution in [3.63, 3.8) is 0 Å². The zero-order valence-corrected chi connectivity index (χ0v) is 51.4. The van der Waals surface area contributed by atoms with Crippen LogP contribution in [0.5, 0.6) is 0 Å². The minimum Gasteiger partial charge on any atom is -0.381 e. The lowest BCUT2D eigenvalue weighted by Crippen LogP contribution is -3.09. The van der Waals surface area contributed by atoms with Crippen molar-refractivity contribution in [1.29, 1.82) is 0 Å². The minimum absolute atomic E-state index is 0.0166. The minimum atomic E-state index is -0.557. The van der Waals surface area contributed by atoms with Crippen LogP contribution < -0.4 is 9.80 Å². The van der Waals surface area contributed by atoms with E-state index >= 15 is 0 Å². The van der Waals surface area contributed by atoms with Gasteiger partial charge in [-0.15, -0.1) is 0 Å². The average Bonchev–Trinajstić information content (AvgIpc) is 3.14. The predicted octanol–water partition coefficient (Wildman–Crippen LogP) is 8.14. The fourth-order valence-electron chi connectivity index (χ4n) is 4.19. The summed E-state index contributed by atoms with van der Waals surface area (Å²) in [6.45, 7) is 47.6. The molecular weight excluding hydrogens is 820 g/mol. The fraction of sp³-hybridized carbons (Fsp3) is 1.00. The molecule has 8 nitrogen and oxygen atoms in total. The van der Waals surface area contributed by atoms with Crippen molar-refractivity contribution in [1.82, 2.24) is 0 Å². The van der Waals surface area contributed by atoms with Gasteiger partial charge in [-0.1, -0.05) is 27.7 Å². The Labute approximate surface area is 388 Å². The van der Waals surface area contributed by atoms with Crippen molar-refractivity contribution >= 4 is 30.4 Å². The monoisotopic (exact) mass is 949 g/mol. The number of hydrogen-bond donors (Lipinski definition) is 2. The quantitative estimate of drug-likeness (QED) is 0.0759. The highest BCUT2D eigenvalue weighted by molar-refractivity contribution is 7.74. The molecule has 376 valence electrons. The number of nitrogens with one attached hydrogen (secondary N) is 2. The van der Waals surface area contributed by atoms with E-state index in [1.807, 2.05) is 0 Å². The van der Waals surface area contributed by atoms with Gasteiger partial charge in [0, 0.05) is 96.3 Å². The second kappa shape index (κ2) is 56.5. The van der Waals surface area contributed by atoms with E-state index in [-0.39, 0.29) is 15.8 Å². The first-order valence-corrected chi connectivity index (χ1v) is 35.4. The number of nitrogens with zero attached hydrogens (tertiary/aromatic N) is 2. The van der Waals surface area contributed by atoms with Crippen LogP contribution >= 0.6 is 30.4 Å². The Morgan fingerprint density at radius 2 is 0.817 bits per heavy atom. The van der Waals surface area contributed by atoms with Gasteiger partial charge >= 0.3 is 0 Å². The van der Waals surface area contributed by atoms with Crippen molar-refractivity contribution in [3.05, 3.63) is 0 Å². The van der Waals surface area contributed by atoms with E-state index in [0.29, 0.717) is 0 Å². The Balaban J connectivity index is -0.0000000859. The molecule has 0 fully saturated rings. The summed E-state index contributed by atoms with van der Waals surface area (Å²) < 4.78 is 21.8. The first-order valence-electron chi connectivity index (χ1n) is 23.9. The zero-order valence-electron chi connectivity index (χ0n) is 47.6. The zero-order chi connectivity index (χ0) is 49.3. The Morgan fingerprint density at radius 3 is 0.983 bits per heavy atom. The average molecular weight is 949 g/mol. The van der Waals surface area contributed by atoms with Crippen molar-refractivity contribution in [2.24, 2.45) is 0 Å². The summed E-state index contributed by atoms with van der Waals surface area (Å²) in [5, 5.41) is 0. The van der Waals surface area contributed by atoms with Gasteiger partial charge in [-0.25, -0.2) is 0 Å². The maximum Gasteiger partial charge on any atom is 0.102 e. The Morgan fingerprint density at radius 1 is 0.433 bits per heavy atom. The largest absolute Gasteiger partial charge is 0.381 e. The molecule has 0 aromatic carbocycles. The lowest BCUT2D eigenvalue weighted by atomic mass is 10.4. The third kappa shape index (κ3) is 118. The summed E-state index contributed by atoms with van der Waals surface area (Å²) in [4.78, 5) is 3.15. The predicted molar refractivity (Wildman–Crippen MR) is 297 cm³/mol. The van der Waals surface area contributed by atoms with Gasteiger partial charge in [0.2, 0.25) is 0 Å². The van der Waals surface area contributed by atoms with Crippen molar-refractivity contribution in [2.45, 2.75) is 81.1 Å². The van der Waals surface area contributed by atoms with Crippen LogP contribution in [-0.2, 0) is 18.9 Å².